The van der Waals surface area contributed by atoms with Crippen LogP contribution in [0.3, 0.4) is 0 Å². The molecule has 0 aliphatic carbocycles. The van der Waals surface area contributed by atoms with Gasteiger partial charge in [-0.1, -0.05) is 0 Å². The predicted molar refractivity (Wildman–Crippen MR) is 58.7 cm³/mol. The van der Waals surface area contributed by atoms with Crippen LogP contribution in [-0.4, -0.2) is 48.4 Å². The van der Waals surface area contributed by atoms with Gasteiger partial charge in [0, 0.05) is 6.92 Å². The van der Waals surface area contributed by atoms with Gasteiger partial charge >= 0.3 is 11.9 Å². The van der Waals surface area contributed by atoms with Crippen LogP contribution in [0.5, 0.6) is 0 Å². The molecule has 0 aromatic rings. The lowest BCUT2D eigenvalue weighted by Gasteiger charge is -2.33. The van der Waals surface area contributed by atoms with Gasteiger partial charge in [-0.2, -0.15) is 0 Å². The SMILES string of the molecule is CC(=O)O[C@H]1CC(=O)O[C@@H]2[C@H]3OC(C)(C)O[C@H]3O[C@@H]21. The first-order valence-corrected chi connectivity index (χ1v) is 6.23. The van der Waals surface area contributed by atoms with Crippen LogP contribution < -0.4 is 0 Å². The van der Waals surface area contributed by atoms with E-state index in [1.807, 2.05) is 0 Å². The Labute approximate surface area is 110 Å². The molecule has 3 rings (SSSR count). The first-order chi connectivity index (χ1) is 8.85. The molecule has 0 spiro atoms. The molecule has 3 fully saturated rings. The van der Waals surface area contributed by atoms with Crippen LogP contribution in [0, 0.1) is 0 Å². The molecule has 3 aliphatic rings. The largest absolute Gasteiger partial charge is 0.459 e. The highest BCUT2D eigenvalue weighted by molar-refractivity contribution is 5.73. The van der Waals surface area contributed by atoms with Gasteiger partial charge in [0.1, 0.15) is 12.2 Å². The van der Waals surface area contributed by atoms with Crippen molar-refractivity contribution < 1.29 is 33.3 Å². The van der Waals surface area contributed by atoms with Crippen LogP contribution >= 0.6 is 0 Å². The molecule has 3 aliphatic heterocycles. The average molecular weight is 272 g/mol. The minimum atomic E-state index is -0.777. The molecule has 0 radical (unpaired) electrons. The van der Waals surface area contributed by atoms with Gasteiger partial charge in [0.15, 0.2) is 24.3 Å². The Bertz CT molecular complexity index is 416. The van der Waals surface area contributed by atoms with E-state index >= 15 is 0 Å². The van der Waals surface area contributed by atoms with E-state index in [0.717, 1.165) is 0 Å². The fraction of sp³-hybridized carbons (Fsp3) is 0.833. The van der Waals surface area contributed by atoms with E-state index in [0.29, 0.717) is 0 Å². The van der Waals surface area contributed by atoms with Crippen molar-refractivity contribution >= 4 is 11.9 Å². The van der Waals surface area contributed by atoms with Crippen molar-refractivity contribution in [1.82, 2.24) is 0 Å². The van der Waals surface area contributed by atoms with Crippen LogP contribution in [0.1, 0.15) is 27.2 Å². The third kappa shape index (κ3) is 2.22. The van der Waals surface area contributed by atoms with Crippen LogP contribution in [-0.2, 0) is 33.3 Å². The Morgan fingerprint density at radius 1 is 1.26 bits per heavy atom. The number of rotatable bonds is 1. The van der Waals surface area contributed by atoms with Gasteiger partial charge in [-0.05, 0) is 13.8 Å². The summed E-state index contributed by atoms with van der Waals surface area (Å²) < 4.78 is 27.3. The van der Waals surface area contributed by atoms with E-state index in [2.05, 4.69) is 0 Å². The fourth-order valence-electron chi connectivity index (χ4n) is 2.74. The van der Waals surface area contributed by atoms with Crippen molar-refractivity contribution in [1.29, 1.82) is 0 Å². The number of hydrogen-bond donors (Lipinski definition) is 0. The minimum Gasteiger partial charge on any atom is -0.459 e. The zero-order chi connectivity index (χ0) is 13.8. The predicted octanol–water partition coefficient (Wildman–Crippen LogP) is 0.110. The van der Waals surface area contributed by atoms with Crippen LogP contribution in [0.4, 0.5) is 0 Å². The van der Waals surface area contributed by atoms with Crippen molar-refractivity contribution in [2.75, 3.05) is 0 Å². The normalized spacial score (nSPS) is 43.3. The molecule has 0 saturated carbocycles. The quantitative estimate of drug-likeness (QED) is 0.627. The molecule has 3 saturated heterocycles. The summed E-state index contributed by atoms with van der Waals surface area (Å²) in [6.07, 6.45) is -2.88. The summed E-state index contributed by atoms with van der Waals surface area (Å²) in [7, 11) is 0. The van der Waals surface area contributed by atoms with Crippen molar-refractivity contribution in [2.45, 2.75) is 63.7 Å². The highest BCUT2D eigenvalue weighted by Gasteiger charge is 2.60. The third-order valence-corrected chi connectivity index (χ3v) is 3.35. The second kappa shape index (κ2) is 4.16. The molecule has 3 heterocycles. The molecule has 5 atom stereocenters. The smallest absolute Gasteiger partial charge is 0.310 e. The number of carbonyl (C=O) groups excluding carboxylic acids is 2. The highest BCUT2D eigenvalue weighted by atomic mass is 16.8. The van der Waals surface area contributed by atoms with Crippen molar-refractivity contribution in [2.24, 2.45) is 0 Å². The van der Waals surface area contributed by atoms with E-state index in [4.69, 9.17) is 23.7 Å². The summed E-state index contributed by atoms with van der Waals surface area (Å²) in [5.41, 5.74) is 0. The molecule has 106 valence electrons. The standard InChI is InChI=1S/C12H16O7/c1-5(13)15-6-4-7(14)16-9-8(6)17-11-10(9)18-12(2,3)19-11/h6,8-11H,4H2,1-3H3/t6-,8+,9-,10+,11+/m0/s1. The van der Waals surface area contributed by atoms with Gasteiger partial charge in [0.05, 0.1) is 6.42 Å². The number of fused-ring (bicyclic) bond motifs is 3. The van der Waals surface area contributed by atoms with E-state index in [1.165, 1.54) is 6.92 Å². The van der Waals surface area contributed by atoms with Gasteiger partial charge in [-0.3, -0.25) is 9.59 Å². The van der Waals surface area contributed by atoms with E-state index < -0.39 is 48.4 Å². The Hall–Kier alpha value is -1.18. The third-order valence-electron chi connectivity index (χ3n) is 3.35. The maximum Gasteiger partial charge on any atom is 0.310 e. The lowest BCUT2D eigenvalue weighted by molar-refractivity contribution is -0.240. The highest BCUT2D eigenvalue weighted by Crippen LogP contribution is 2.42. The van der Waals surface area contributed by atoms with E-state index in [1.54, 1.807) is 13.8 Å². The maximum absolute atomic E-state index is 11.6. The molecular weight excluding hydrogens is 256 g/mol. The summed E-state index contributed by atoms with van der Waals surface area (Å²) in [5, 5.41) is 0. The lowest BCUT2D eigenvalue weighted by Crippen LogP contribution is -2.50. The molecule has 0 N–H and O–H groups in total. The number of ether oxygens (including phenoxy) is 5. The van der Waals surface area contributed by atoms with Crippen LogP contribution in [0.15, 0.2) is 0 Å². The van der Waals surface area contributed by atoms with Crippen LogP contribution in [0.2, 0.25) is 0 Å². The molecule has 19 heavy (non-hydrogen) atoms. The Kier molecular flexibility index (Phi) is 2.81. The summed E-state index contributed by atoms with van der Waals surface area (Å²) in [4.78, 5) is 22.6. The number of hydrogen-bond acceptors (Lipinski definition) is 7. The van der Waals surface area contributed by atoms with Crippen molar-refractivity contribution in [3.63, 3.8) is 0 Å². The molecule has 0 amide bonds. The molecule has 7 nitrogen and oxygen atoms in total. The van der Waals surface area contributed by atoms with Crippen LogP contribution in [0.25, 0.3) is 0 Å². The monoisotopic (exact) mass is 272 g/mol. The summed E-state index contributed by atoms with van der Waals surface area (Å²) in [5.74, 6) is -1.66. The zero-order valence-corrected chi connectivity index (χ0v) is 11.0. The molecular formula is C12H16O7. The zero-order valence-electron chi connectivity index (χ0n) is 11.0. The molecule has 7 heteroatoms. The second-order valence-corrected chi connectivity index (χ2v) is 5.38. The van der Waals surface area contributed by atoms with E-state index in [-0.39, 0.29) is 6.42 Å². The fourth-order valence-corrected chi connectivity index (χ4v) is 2.74. The van der Waals surface area contributed by atoms with Crippen molar-refractivity contribution in [3.8, 4) is 0 Å². The lowest BCUT2D eigenvalue weighted by atomic mass is 10.00. The first-order valence-electron chi connectivity index (χ1n) is 6.23. The van der Waals surface area contributed by atoms with E-state index in [9.17, 15) is 9.59 Å². The Morgan fingerprint density at radius 3 is 2.68 bits per heavy atom. The topological polar surface area (TPSA) is 80.3 Å². The Morgan fingerprint density at radius 2 is 2.00 bits per heavy atom. The van der Waals surface area contributed by atoms with Crippen molar-refractivity contribution in [3.05, 3.63) is 0 Å². The van der Waals surface area contributed by atoms with Gasteiger partial charge < -0.3 is 23.7 Å². The summed E-state index contributed by atoms with van der Waals surface area (Å²) in [6.45, 7) is 4.82. The molecule has 0 bridgehead atoms. The number of esters is 2. The second-order valence-electron chi connectivity index (χ2n) is 5.38. The van der Waals surface area contributed by atoms with Gasteiger partial charge in [-0.25, -0.2) is 0 Å². The van der Waals surface area contributed by atoms with Gasteiger partial charge in [-0.15, -0.1) is 0 Å². The van der Waals surface area contributed by atoms with Gasteiger partial charge in [0.2, 0.25) is 0 Å². The summed E-state index contributed by atoms with van der Waals surface area (Å²) >= 11 is 0. The molecule has 0 aromatic heterocycles. The first kappa shape index (κ1) is 12.8. The molecule has 0 aromatic carbocycles. The minimum absolute atomic E-state index is 0.0103. The van der Waals surface area contributed by atoms with Gasteiger partial charge in [0.25, 0.3) is 0 Å². The molecule has 0 unspecified atom stereocenters. The average Bonchev–Trinajstić information content (AvgIpc) is 2.70. The number of carbonyl (C=O) groups is 2. The summed E-state index contributed by atoms with van der Waals surface area (Å²) in [6, 6.07) is 0. The Balaban J connectivity index is 1.79. The maximum atomic E-state index is 11.6.